The minimum atomic E-state index is -0.764. The first-order chi connectivity index (χ1) is 12.6. The molecule has 1 saturated heterocycles. The van der Waals surface area contributed by atoms with Gasteiger partial charge in [0.15, 0.2) is 0 Å². The Morgan fingerprint density at radius 3 is 2.56 bits per heavy atom. The Hall–Kier alpha value is -1.56. The van der Waals surface area contributed by atoms with Crippen molar-refractivity contribution in [2.45, 2.75) is 38.3 Å². The number of ether oxygens (including phenoxy) is 1. The third kappa shape index (κ3) is 5.71. The van der Waals surface area contributed by atoms with Crippen LogP contribution < -0.4 is 0 Å². The summed E-state index contributed by atoms with van der Waals surface area (Å²) in [4.78, 5) is 16.0. The number of likely N-dealkylation sites (tertiary alicyclic amines) is 1. The predicted molar refractivity (Wildman–Crippen MR) is 110 cm³/mol. The number of amides is 1. The molecule has 1 saturated carbocycles. The fourth-order valence-electron chi connectivity index (χ4n) is 4.11. The second-order valence-electron chi connectivity index (χ2n) is 7.46. The van der Waals surface area contributed by atoms with E-state index in [1.807, 2.05) is 18.2 Å². The van der Waals surface area contributed by atoms with E-state index in [0.717, 1.165) is 45.5 Å². The van der Waals surface area contributed by atoms with Crippen molar-refractivity contribution < 1.29 is 14.6 Å². The molecule has 3 rings (SSSR count). The first-order valence-electron chi connectivity index (χ1n) is 9.56. The summed E-state index contributed by atoms with van der Waals surface area (Å²) in [5.41, 5.74) is 2.47. The molecule has 1 heterocycles. The van der Waals surface area contributed by atoms with Crippen molar-refractivity contribution in [3.8, 4) is 0 Å². The van der Waals surface area contributed by atoms with Crippen LogP contribution >= 0.6 is 12.4 Å². The largest absolute Gasteiger partial charge is 0.465 e. The van der Waals surface area contributed by atoms with Crippen LogP contribution in [0, 0.1) is 5.92 Å². The topological polar surface area (TPSA) is 53.0 Å². The van der Waals surface area contributed by atoms with Gasteiger partial charge in [-0.3, -0.25) is 0 Å². The van der Waals surface area contributed by atoms with Gasteiger partial charge in [0.25, 0.3) is 0 Å². The number of piperidine rings is 1. The molecule has 1 aliphatic heterocycles. The van der Waals surface area contributed by atoms with Crippen molar-refractivity contribution in [1.29, 1.82) is 0 Å². The molecule has 5 nitrogen and oxygen atoms in total. The van der Waals surface area contributed by atoms with Crippen LogP contribution in [0.1, 0.15) is 31.7 Å². The molecule has 1 aromatic rings. The van der Waals surface area contributed by atoms with Crippen LogP contribution in [0.2, 0.25) is 0 Å². The van der Waals surface area contributed by atoms with Crippen LogP contribution in [-0.4, -0.2) is 66.4 Å². The molecular weight excluding hydrogens is 364 g/mol. The van der Waals surface area contributed by atoms with Crippen LogP contribution in [-0.2, 0) is 4.74 Å². The normalized spacial score (nSPS) is 23.6. The van der Waals surface area contributed by atoms with Crippen LogP contribution in [0.5, 0.6) is 0 Å². The Kier molecular flexibility index (Phi) is 8.14. The fourth-order valence-corrected chi connectivity index (χ4v) is 4.11. The molecule has 27 heavy (non-hydrogen) atoms. The quantitative estimate of drug-likeness (QED) is 0.759. The second-order valence-corrected chi connectivity index (χ2v) is 7.46. The number of hydrogen-bond donors (Lipinski definition) is 1. The Labute approximate surface area is 168 Å². The number of benzene rings is 1. The molecule has 150 valence electrons. The van der Waals surface area contributed by atoms with E-state index in [9.17, 15) is 9.90 Å². The number of methoxy groups -OCH3 is 1. The summed E-state index contributed by atoms with van der Waals surface area (Å²) in [6, 6.07) is 10.5. The van der Waals surface area contributed by atoms with Gasteiger partial charge in [-0.25, -0.2) is 4.79 Å². The van der Waals surface area contributed by atoms with Crippen molar-refractivity contribution in [1.82, 2.24) is 9.80 Å². The van der Waals surface area contributed by atoms with Gasteiger partial charge in [0, 0.05) is 44.7 Å². The molecular formula is C21H31ClN2O3. The maximum absolute atomic E-state index is 11.9. The van der Waals surface area contributed by atoms with E-state index in [2.05, 4.69) is 30.0 Å². The van der Waals surface area contributed by atoms with E-state index >= 15 is 0 Å². The van der Waals surface area contributed by atoms with E-state index in [-0.39, 0.29) is 24.5 Å². The van der Waals surface area contributed by atoms with Crippen LogP contribution in [0.25, 0.3) is 6.08 Å². The molecule has 1 aliphatic carbocycles. The Morgan fingerprint density at radius 1 is 1.30 bits per heavy atom. The summed E-state index contributed by atoms with van der Waals surface area (Å²) in [5.74, 6) is 0.359. The average Bonchev–Trinajstić information content (AvgIpc) is 3.42. The molecule has 0 radical (unpaired) electrons. The lowest BCUT2D eigenvalue weighted by Crippen LogP contribution is -2.48. The standard InChI is InChI=1S/C21H30N2O3.ClH/c1-16(14-17-6-4-3-5-7-17)19-15-20(19)23(21(24)25)18-8-10-22(11-9-18)12-13-26-2;/h3-7,14,18-20H,8-13,15H2,1-2H3,(H,24,25);1H/t19?,20-;/m0./s1. The van der Waals surface area contributed by atoms with E-state index in [1.165, 1.54) is 11.1 Å². The summed E-state index contributed by atoms with van der Waals surface area (Å²) in [7, 11) is 1.72. The van der Waals surface area contributed by atoms with Gasteiger partial charge in [-0.1, -0.05) is 42.0 Å². The minimum absolute atomic E-state index is 0. The summed E-state index contributed by atoms with van der Waals surface area (Å²) in [6.07, 6.45) is 4.21. The first kappa shape index (κ1) is 21.7. The van der Waals surface area contributed by atoms with Gasteiger partial charge in [-0.05, 0) is 31.7 Å². The number of halogens is 1. The first-order valence-corrected chi connectivity index (χ1v) is 9.56. The zero-order valence-corrected chi connectivity index (χ0v) is 17.0. The van der Waals surface area contributed by atoms with Gasteiger partial charge in [0.1, 0.15) is 0 Å². The van der Waals surface area contributed by atoms with Gasteiger partial charge >= 0.3 is 6.09 Å². The summed E-state index contributed by atoms with van der Waals surface area (Å²) in [6.45, 7) is 5.70. The molecule has 6 heteroatoms. The molecule has 2 atom stereocenters. The minimum Gasteiger partial charge on any atom is -0.465 e. The summed E-state index contributed by atoms with van der Waals surface area (Å²) >= 11 is 0. The van der Waals surface area contributed by atoms with Crippen molar-refractivity contribution in [2.75, 3.05) is 33.4 Å². The van der Waals surface area contributed by atoms with E-state index < -0.39 is 6.09 Å². The molecule has 1 aromatic carbocycles. The van der Waals surface area contributed by atoms with Crippen molar-refractivity contribution >= 4 is 24.6 Å². The van der Waals surface area contributed by atoms with E-state index in [0.29, 0.717) is 5.92 Å². The van der Waals surface area contributed by atoms with Gasteiger partial charge < -0.3 is 19.6 Å². The monoisotopic (exact) mass is 394 g/mol. The molecule has 1 amide bonds. The summed E-state index contributed by atoms with van der Waals surface area (Å²) in [5, 5.41) is 9.81. The maximum atomic E-state index is 11.9. The predicted octanol–water partition coefficient (Wildman–Crippen LogP) is 3.99. The van der Waals surface area contributed by atoms with E-state index in [4.69, 9.17) is 4.74 Å². The van der Waals surface area contributed by atoms with Gasteiger partial charge in [-0.15, -0.1) is 12.4 Å². The Morgan fingerprint density at radius 2 is 1.96 bits per heavy atom. The second kappa shape index (κ2) is 10.1. The third-order valence-electron chi connectivity index (χ3n) is 5.68. The highest BCUT2D eigenvalue weighted by Gasteiger charge is 2.47. The van der Waals surface area contributed by atoms with Crippen LogP contribution in [0.3, 0.4) is 0 Å². The molecule has 2 fully saturated rings. The lowest BCUT2D eigenvalue weighted by atomic mass is 10.0. The third-order valence-corrected chi connectivity index (χ3v) is 5.68. The molecule has 1 N–H and O–H groups in total. The highest BCUT2D eigenvalue weighted by molar-refractivity contribution is 5.85. The van der Waals surface area contributed by atoms with Crippen molar-refractivity contribution in [3.05, 3.63) is 41.5 Å². The highest BCUT2D eigenvalue weighted by Crippen LogP contribution is 2.44. The zero-order valence-electron chi connectivity index (χ0n) is 16.2. The van der Waals surface area contributed by atoms with Crippen LogP contribution in [0.4, 0.5) is 4.79 Å². The Bertz CT molecular complexity index is 630. The molecule has 0 aromatic heterocycles. The van der Waals surface area contributed by atoms with Gasteiger partial charge in [0.05, 0.1) is 6.61 Å². The van der Waals surface area contributed by atoms with Crippen molar-refractivity contribution in [2.24, 2.45) is 5.92 Å². The van der Waals surface area contributed by atoms with Gasteiger partial charge in [0.2, 0.25) is 0 Å². The average molecular weight is 395 g/mol. The SMILES string of the molecule is COCCN1CCC(N(C(=O)O)[C@H]2CC2C(C)=Cc2ccccc2)CC1.Cl. The lowest BCUT2D eigenvalue weighted by Gasteiger charge is -2.37. The zero-order chi connectivity index (χ0) is 18.5. The number of nitrogens with zero attached hydrogens (tertiary/aromatic N) is 2. The molecule has 0 bridgehead atoms. The van der Waals surface area contributed by atoms with E-state index in [1.54, 1.807) is 12.0 Å². The van der Waals surface area contributed by atoms with Crippen LogP contribution in [0.15, 0.2) is 35.9 Å². The van der Waals surface area contributed by atoms with Crippen molar-refractivity contribution in [3.63, 3.8) is 0 Å². The summed E-state index contributed by atoms with van der Waals surface area (Å²) < 4.78 is 5.14. The molecule has 1 unspecified atom stereocenters. The number of carbonyl (C=O) groups is 1. The lowest BCUT2D eigenvalue weighted by molar-refractivity contribution is 0.0738. The maximum Gasteiger partial charge on any atom is 0.407 e. The smallest absolute Gasteiger partial charge is 0.407 e. The molecule has 2 aliphatic rings. The number of hydrogen-bond acceptors (Lipinski definition) is 3. The Balaban J connectivity index is 0.00000261. The fraction of sp³-hybridized carbons (Fsp3) is 0.571. The van der Waals surface area contributed by atoms with Gasteiger partial charge in [-0.2, -0.15) is 0 Å². The number of carboxylic acid groups (broad SMARTS) is 1. The molecule has 0 spiro atoms. The number of rotatable bonds is 7. The highest BCUT2D eigenvalue weighted by atomic mass is 35.5.